The van der Waals surface area contributed by atoms with Crippen LogP contribution in [0.2, 0.25) is 0 Å². The van der Waals surface area contributed by atoms with Gasteiger partial charge in [-0.25, -0.2) is 9.59 Å². The first-order valence-electron chi connectivity index (χ1n) is 7.73. The third kappa shape index (κ3) is 7.11. The predicted octanol–water partition coefficient (Wildman–Crippen LogP) is 3.37. The van der Waals surface area contributed by atoms with Crippen molar-refractivity contribution in [1.82, 2.24) is 0 Å². The largest absolute Gasteiger partial charge is 0.482 e. The summed E-state index contributed by atoms with van der Waals surface area (Å²) in [4.78, 5) is 23.1. The van der Waals surface area contributed by atoms with Crippen molar-refractivity contribution >= 4 is 11.9 Å². The maximum absolute atomic E-state index is 11.6. The van der Waals surface area contributed by atoms with E-state index in [2.05, 4.69) is 6.92 Å². The van der Waals surface area contributed by atoms with E-state index in [0.717, 1.165) is 25.7 Å². The van der Waals surface area contributed by atoms with Gasteiger partial charge >= 0.3 is 11.9 Å². The van der Waals surface area contributed by atoms with Crippen molar-refractivity contribution in [2.45, 2.75) is 39.5 Å². The number of benzene rings is 1. The number of hydrogen-bond acceptors (Lipinski definition) is 5. The minimum absolute atomic E-state index is 0.167. The number of carbonyl (C=O) groups is 2. The average molecular weight is 308 g/mol. The third-order valence-electron chi connectivity index (χ3n) is 2.96. The van der Waals surface area contributed by atoms with Crippen molar-refractivity contribution in [2.75, 3.05) is 19.8 Å². The van der Waals surface area contributed by atoms with Gasteiger partial charge in [-0.2, -0.15) is 0 Å². The van der Waals surface area contributed by atoms with E-state index >= 15 is 0 Å². The van der Waals surface area contributed by atoms with Gasteiger partial charge in [0, 0.05) is 0 Å². The SMILES string of the molecule is CCCCCCOC(=O)COc1cccc(C(=O)OCC)c1. The number of carbonyl (C=O) groups excluding carboxylic acids is 2. The zero-order valence-electron chi connectivity index (χ0n) is 13.3. The summed E-state index contributed by atoms with van der Waals surface area (Å²) in [7, 11) is 0. The number of ether oxygens (including phenoxy) is 3. The fourth-order valence-corrected chi connectivity index (χ4v) is 1.83. The highest BCUT2D eigenvalue weighted by Gasteiger charge is 2.09. The van der Waals surface area contributed by atoms with Crippen LogP contribution in [0.4, 0.5) is 0 Å². The summed E-state index contributed by atoms with van der Waals surface area (Å²) >= 11 is 0. The van der Waals surface area contributed by atoms with E-state index < -0.39 is 11.9 Å². The maximum atomic E-state index is 11.6. The normalized spacial score (nSPS) is 10.1. The van der Waals surface area contributed by atoms with Crippen LogP contribution in [0.15, 0.2) is 24.3 Å². The third-order valence-corrected chi connectivity index (χ3v) is 2.96. The lowest BCUT2D eigenvalue weighted by Crippen LogP contribution is -2.15. The Morgan fingerprint density at radius 2 is 1.86 bits per heavy atom. The number of esters is 2. The summed E-state index contributed by atoms with van der Waals surface area (Å²) in [6.07, 6.45) is 4.23. The molecule has 0 bridgehead atoms. The highest BCUT2D eigenvalue weighted by Crippen LogP contribution is 2.14. The zero-order valence-corrected chi connectivity index (χ0v) is 13.3. The van der Waals surface area contributed by atoms with E-state index in [0.29, 0.717) is 24.5 Å². The molecule has 0 aliphatic carbocycles. The Morgan fingerprint density at radius 3 is 2.59 bits per heavy atom. The number of hydrogen-bond donors (Lipinski definition) is 0. The Morgan fingerprint density at radius 1 is 1.05 bits per heavy atom. The van der Waals surface area contributed by atoms with Crippen LogP contribution >= 0.6 is 0 Å². The predicted molar refractivity (Wildman–Crippen MR) is 83.0 cm³/mol. The van der Waals surface area contributed by atoms with E-state index in [4.69, 9.17) is 14.2 Å². The Labute approximate surface area is 131 Å². The van der Waals surface area contributed by atoms with Crippen molar-refractivity contribution in [3.05, 3.63) is 29.8 Å². The van der Waals surface area contributed by atoms with E-state index in [-0.39, 0.29) is 6.61 Å². The average Bonchev–Trinajstić information content (AvgIpc) is 2.53. The molecular formula is C17H24O5. The first-order chi connectivity index (χ1) is 10.7. The molecule has 0 N–H and O–H groups in total. The lowest BCUT2D eigenvalue weighted by Gasteiger charge is -2.08. The first-order valence-corrected chi connectivity index (χ1v) is 7.73. The molecule has 5 heteroatoms. The molecule has 0 atom stereocenters. The molecule has 0 unspecified atom stereocenters. The summed E-state index contributed by atoms with van der Waals surface area (Å²) in [5.74, 6) is -0.377. The lowest BCUT2D eigenvalue weighted by molar-refractivity contribution is -0.146. The summed E-state index contributed by atoms with van der Waals surface area (Å²) in [5.41, 5.74) is 0.396. The fraction of sp³-hybridized carbons (Fsp3) is 0.529. The van der Waals surface area contributed by atoms with Crippen molar-refractivity contribution in [2.24, 2.45) is 0 Å². The number of rotatable bonds is 10. The van der Waals surface area contributed by atoms with Crippen molar-refractivity contribution in [1.29, 1.82) is 0 Å². The smallest absolute Gasteiger partial charge is 0.344 e. The highest BCUT2D eigenvalue weighted by atomic mass is 16.6. The lowest BCUT2D eigenvalue weighted by atomic mass is 10.2. The molecule has 122 valence electrons. The molecule has 0 saturated heterocycles. The molecule has 0 aliphatic heterocycles. The monoisotopic (exact) mass is 308 g/mol. The molecule has 0 spiro atoms. The van der Waals surface area contributed by atoms with E-state index in [1.165, 1.54) is 0 Å². The van der Waals surface area contributed by atoms with Gasteiger partial charge < -0.3 is 14.2 Å². The topological polar surface area (TPSA) is 61.8 Å². The Kier molecular flexibility index (Phi) is 8.72. The van der Waals surface area contributed by atoms with Crippen LogP contribution in [-0.2, 0) is 14.3 Å². The van der Waals surface area contributed by atoms with Crippen LogP contribution in [0.25, 0.3) is 0 Å². The standard InChI is InChI=1S/C17H24O5/c1-3-5-6-7-11-21-16(18)13-22-15-10-8-9-14(12-15)17(19)20-4-2/h8-10,12H,3-7,11,13H2,1-2H3. The van der Waals surface area contributed by atoms with Crippen molar-refractivity contribution in [3.8, 4) is 5.75 Å². The van der Waals surface area contributed by atoms with Crippen LogP contribution in [0.1, 0.15) is 49.9 Å². The van der Waals surface area contributed by atoms with E-state index in [1.807, 2.05) is 0 Å². The second-order valence-electron chi connectivity index (χ2n) is 4.82. The van der Waals surface area contributed by atoms with Crippen LogP contribution in [0.3, 0.4) is 0 Å². The molecule has 1 rings (SSSR count). The van der Waals surface area contributed by atoms with Gasteiger partial charge in [0.15, 0.2) is 6.61 Å². The maximum Gasteiger partial charge on any atom is 0.344 e. The highest BCUT2D eigenvalue weighted by molar-refractivity contribution is 5.89. The summed E-state index contributed by atoms with van der Waals surface area (Å²) in [6.45, 7) is 4.44. The van der Waals surface area contributed by atoms with Gasteiger partial charge in [0.25, 0.3) is 0 Å². The van der Waals surface area contributed by atoms with Crippen LogP contribution in [0, 0.1) is 0 Å². The molecular weight excluding hydrogens is 284 g/mol. The molecule has 1 aromatic carbocycles. The molecule has 22 heavy (non-hydrogen) atoms. The van der Waals surface area contributed by atoms with Gasteiger partial charge in [-0.15, -0.1) is 0 Å². The molecule has 1 aromatic rings. The zero-order chi connectivity index (χ0) is 16.2. The van der Waals surface area contributed by atoms with E-state index in [1.54, 1.807) is 31.2 Å². The van der Waals surface area contributed by atoms with Crippen LogP contribution in [0.5, 0.6) is 5.75 Å². The minimum Gasteiger partial charge on any atom is -0.482 e. The first kappa shape index (κ1) is 18.0. The quantitative estimate of drug-likeness (QED) is 0.490. The van der Waals surface area contributed by atoms with E-state index in [9.17, 15) is 9.59 Å². The molecule has 5 nitrogen and oxygen atoms in total. The molecule has 0 aliphatic rings. The Balaban J connectivity index is 2.33. The molecule has 0 saturated carbocycles. The molecule has 0 heterocycles. The van der Waals surface area contributed by atoms with Crippen molar-refractivity contribution in [3.63, 3.8) is 0 Å². The van der Waals surface area contributed by atoms with Gasteiger partial charge in [-0.05, 0) is 31.5 Å². The molecule has 0 amide bonds. The Bertz CT molecular complexity index is 470. The van der Waals surface area contributed by atoms with Crippen LogP contribution < -0.4 is 4.74 Å². The van der Waals surface area contributed by atoms with Gasteiger partial charge in [0.2, 0.25) is 0 Å². The van der Waals surface area contributed by atoms with Gasteiger partial charge in [-0.3, -0.25) is 0 Å². The minimum atomic E-state index is -0.411. The van der Waals surface area contributed by atoms with Gasteiger partial charge in [0.05, 0.1) is 18.8 Å². The van der Waals surface area contributed by atoms with Crippen molar-refractivity contribution < 1.29 is 23.8 Å². The van der Waals surface area contributed by atoms with Gasteiger partial charge in [0.1, 0.15) is 5.75 Å². The van der Waals surface area contributed by atoms with Crippen LogP contribution in [-0.4, -0.2) is 31.8 Å². The molecule has 0 fully saturated rings. The number of unbranched alkanes of at least 4 members (excludes halogenated alkanes) is 3. The second-order valence-corrected chi connectivity index (χ2v) is 4.82. The Hall–Kier alpha value is -2.04. The molecule has 0 aromatic heterocycles. The molecule has 0 radical (unpaired) electrons. The summed E-state index contributed by atoms with van der Waals surface area (Å²) in [6, 6.07) is 6.54. The summed E-state index contributed by atoms with van der Waals surface area (Å²) < 4.78 is 15.3. The summed E-state index contributed by atoms with van der Waals surface area (Å²) in [5, 5.41) is 0. The fourth-order valence-electron chi connectivity index (χ4n) is 1.83. The second kappa shape index (κ2) is 10.7. The van der Waals surface area contributed by atoms with Gasteiger partial charge in [-0.1, -0.05) is 32.3 Å².